The van der Waals surface area contributed by atoms with Crippen LogP contribution in [-0.4, -0.2) is 65.9 Å². The van der Waals surface area contributed by atoms with E-state index in [4.69, 9.17) is 14.2 Å². The molecule has 3 aliphatic heterocycles. The highest BCUT2D eigenvalue weighted by Gasteiger charge is 2.35. The monoisotopic (exact) mass is 498 g/mol. The molecule has 37 heavy (non-hydrogen) atoms. The molecule has 2 aromatic carbocycles. The molecule has 0 bridgehead atoms. The Balaban J connectivity index is 1.35. The van der Waals surface area contributed by atoms with Crippen LogP contribution in [0.4, 0.5) is 0 Å². The number of hydrogen-bond donors (Lipinski definition) is 2. The maximum atomic E-state index is 13.3. The van der Waals surface area contributed by atoms with Crippen LogP contribution in [0.5, 0.6) is 11.5 Å². The molecular formula is C28H26N4O5. The third kappa shape index (κ3) is 3.70. The van der Waals surface area contributed by atoms with E-state index in [-0.39, 0.29) is 6.79 Å². The highest BCUT2D eigenvalue weighted by Crippen LogP contribution is 2.42. The number of imide groups is 1. The van der Waals surface area contributed by atoms with Gasteiger partial charge >= 0.3 is 0 Å². The van der Waals surface area contributed by atoms with Crippen LogP contribution in [0.15, 0.2) is 48.8 Å². The van der Waals surface area contributed by atoms with E-state index in [2.05, 4.69) is 19.8 Å². The standard InChI is InChI=1S/C28H26N4O5/c33-27-25(19-14-29-21-5-2-1-4-17(19)21)26(28(34)30-27)20-15-32(7-3-6-31-8-10-35-11-9-31)22-13-24-23(12-18(20)22)36-16-37-24/h1-2,4-5,12-15,29H,3,6-11,16H2,(H,30,33,34). The number of rotatable bonds is 6. The highest BCUT2D eigenvalue weighted by atomic mass is 16.7. The number of hydrogen-bond acceptors (Lipinski definition) is 6. The number of ether oxygens (including phenoxy) is 3. The number of aromatic nitrogens is 2. The van der Waals surface area contributed by atoms with Crippen molar-refractivity contribution in [3.05, 3.63) is 59.9 Å². The van der Waals surface area contributed by atoms with Crippen LogP contribution < -0.4 is 14.8 Å². The number of aromatic amines is 1. The van der Waals surface area contributed by atoms with Gasteiger partial charge < -0.3 is 23.8 Å². The summed E-state index contributed by atoms with van der Waals surface area (Å²) < 4.78 is 18.9. The van der Waals surface area contributed by atoms with Crippen LogP contribution >= 0.6 is 0 Å². The van der Waals surface area contributed by atoms with E-state index in [0.717, 1.165) is 67.6 Å². The van der Waals surface area contributed by atoms with Crippen molar-refractivity contribution in [3.63, 3.8) is 0 Å². The van der Waals surface area contributed by atoms with Gasteiger partial charge in [0.25, 0.3) is 11.8 Å². The Kier molecular flexibility index (Phi) is 5.26. The molecule has 4 aromatic rings. The molecule has 0 radical (unpaired) electrons. The molecule has 9 heteroatoms. The van der Waals surface area contributed by atoms with Crippen LogP contribution in [-0.2, 0) is 20.9 Å². The van der Waals surface area contributed by atoms with Gasteiger partial charge in [0.05, 0.1) is 29.9 Å². The Hall–Kier alpha value is -4.08. The van der Waals surface area contributed by atoms with E-state index in [0.29, 0.717) is 33.8 Å². The second-order valence-electron chi connectivity index (χ2n) is 9.55. The summed E-state index contributed by atoms with van der Waals surface area (Å²) in [6.45, 7) is 5.32. The smallest absolute Gasteiger partial charge is 0.259 e. The van der Waals surface area contributed by atoms with Gasteiger partial charge in [-0.3, -0.25) is 19.8 Å². The Morgan fingerprint density at radius 2 is 1.62 bits per heavy atom. The summed E-state index contributed by atoms with van der Waals surface area (Å²) >= 11 is 0. The normalized spacial score (nSPS) is 17.9. The first-order valence-electron chi connectivity index (χ1n) is 12.6. The fourth-order valence-corrected chi connectivity index (χ4v) is 5.60. The number of nitrogens with zero attached hydrogens (tertiary/aromatic N) is 2. The second-order valence-corrected chi connectivity index (χ2v) is 9.55. The van der Waals surface area contributed by atoms with Crippen LogP contribution in [0, 0.1) is 0 Å². The topological polar surface area (TPSA) is 97.8 Å². The molecule has 188 valence electrons. The molecule has 2 amide bonds. The number of aryl methyl sites for hydroxylation is 1. The lowest BCUT2D eigenvalue weighted by Crippen LogP contribution is -2.37. The summed E-state index contributed by atoms with van der Waals surface area (Å²) in [5.74, 6) is 0.539. The van der Waals surface area contributed by atoms with E-state index < -0.39 is 11.8 Å². The van der Waals surface area contributed by atoms with Crippen molar-refractivity contribution >= 4 is 44.8 Å². The fraction of sp³-hybridized carbons (Fsp3) is 0.286. The lowest BCUT2D eigenvalue weighted by atomic mass is 9.95. The van der Waals surface area contributed by atoms with Crippen molar-refractivity contribution in [2.24, 2.45) is 0 Å². The zero-order chi connectivity index (χ0) is 24.9. The first kappa shape index (κ1) is 22.1. The molecule has 1 fully saturated rings. The van der Waals surface area contributed by atoms with E-state index >= 15 is 0 Å². The Morgan fingerprint density at radius 3 is 2.46 bits per heavy atom. The lowest BCUT2D eigenvalue weighted by molar-refractivity contribution is -0.122. The highest BCUT2D eigenvalue weighted by molar-refractivity contribution is 6.50. The zero-order valence-electron chi connectivity index (χ0n) is 20.2. The Bertz CT molecular complexity index is 1590. The van der Waals surface area contributed by atoms with Crippen molar-refractivity contribution in [2.75, 3.05) is 39.6 Å². The minimum absolute atomic E-state index is 0.163. The third-order valence-electron chi connectivity index (χ3n) is 7.41. The van der Waals surface area contributed by atoms with Crippen LogP contribution in [0.2, 0.25) is 0 Å². The van der Waals surface area contributed by atoms with Gasteiger partial charge in [0.15, 0.2) is 11.5 Å². The summed E-state index contributed by atoms with van der Waals surface area (Å²) in [4.78, 5) is 32.0. The molecule has 1 saturated heterocycles. The molecule has 2 aromatic heterocycles. The fourth-order valence-electron chi connectivity index (χ4n) is 5.60. The number of H-pyrrole nitrogens is 1. The second kappa shape index (κ2) is 8.79. The van der Waals surface area contributed by atoms with Gasteiger partial charge in [-0.15, -0.1) is 0 Å². The molecule has 0 atom stereocenters. The maximum absolute atomic E-state index is 13.3. The van der Waals surface area contributed by atoms with Crippen LogP contribution in [0.3, 0.4) is 0 Å². The van der Waals surface area contributed by atoms with Crippen molar-refractivity contribution in [1.29, 1.82) is 0 Å². The summed E-state index contributed by atoms with van der Waals surface area (Å²) in [7, 11) is 0. The van der Waals surface area contributed by atoms with Gasteiger partial charge in [-0.1, -0.05) is 18.2 Å². The maximum Gasteiger partial charge on any atom is 0.259 e. The third-order valence-corrected chi connectivity index (χ3v) is 7.41. The molecular weight excluding hydrogens is 472 g/mol. The van der Waals surface area contributed by atoms with Crippen LogP contribution in [0.25, 0.3) is 33.0 Å². The number of carbonyl (C=O) groups excluding carboxylic acids is 2. The summed E-state index contributed by atoms with van der Waals surface area (Å²) in [6, 6.07) is 11.7. The molecule has 0 unspecified atom stereocenters. The minimum atomic E-state index is -0.393. The average molecular weight is 499 g/mol. The Morgan fingerprint density at radius 1 is 0.865 bits per heavy atom. The zero-order valence-corrected chi connectivity index (χ0v) is 20.2. The van der Waals surface area contributed by atoms with Gasteiger partial charge in [-0.25, -0.2) is 0 Å². The first-order chi connectivity index (χ1) is 18.2. The molecule has 0 aliphatic carbocycles. The minimum Gasteiger partial charge on any atom is -0.454 e. The number of morpholine rings is 1. The van der Waals surface area contributed by atoms with Gasteiger partial charge in [-0.05, 0) is 18.6 Å². The molecule has 0 saturated carbocycles. The van der Waals surface area contributed by atoms with Crippen LogP contribution in [0.1, 0.15) is 17.5 Å². The van der Waals surface area contributed by atoms with Crippen molar-refractivity contribution < 1.29 is 23.8 Å². The molecule has 0 spiro atoms. The SMILES string of the molecule is O=C1NC(=O)C(c2cn(CCCN3CCOCC3)c3cc4c(cc23)OCO4)=C1c1c[nH]c2ccccc12. The van der Waals surface area contributed by atoms with Crippen molar-refractivity contribution in [2.45, 2.75) is 13.0 Å². The van der Waals surface area contributed by atoms with Gasteiger partial charge in [0.2, 0.25) is 6.79 Å². The summed E-state index contributed by atoms with van der Waals surface area (Å²) in [5.41, 5.74) is 4.04. The number of nitrogens with one attached hydrogen (secondary N) is 2. The number of carbonyl (C=O) groups is 2. The van der Waals surface area contributed by atoms with Crippen molar-refractivity contribution in [1.82, 2.24) is 19.8 Å². The predicted octanol–water partition coefficient (Wildman–Crippen LogP) is 3.14. The number of fused-ring (bicyclic) bond motifs is 3. The van der Waals surface area contributed by atoms with E-state index in [9.17, 15) is 9.59 Å². The van der Waals surface area contributed by atoms with Crippen molar-refractivity contribution in [3.8, 4) is 11.5 Å². The van der Waals surface area contributed by atoms with Gasteiger partial charge in [-0.2, -0.15) is 0 Å². The van der Waals surface area contributed by atoms with E-state index in [1.54, 1.807) is 6.20 Å². The Labute approximate surface area is 212 Å². The van der Waals surface area contributed by atoms with E-state index in [1.165, 1.54) is 0 Å². The number of benzene rings is 2. The largest absolute Gasteiger partial charge is 0.454 e. The van der Waals surface area contributed by atoms with E-state index in [1.807, 2.05) is 42.6 Å². The number of para-hydroxylation sites is 1. The van der Waals surface area contributed by atoms with Gasteiger partial charge in [0.1, 0.15) is 0 Å². The lowest BCUT2D eigenvalue weighted by Gasteiger charge is -2.26. The molecule has 5 heterocycles. The summed E-state index contributed by atoms with van der Waals surface area (Å²) in [5, 5.41) is 4.28. The quantitative estimate of drug-likeness (QED) is 0.397. The average Bonchev–Trinajstić information content (AvgIpc) is 3.68. The molecule has 7 rings (SSSR count). The summed E-state index contributed by atoms with van der Waals surface area (Å²) in [6.07, 6.45) is 4.73. The molecule has 9 nitrogen and oxygen atoms in total. The molecule has 3 aliphatic rings. The number of amides is 2. The predicted molar refractivity (Wildman–Crippen MR) is 138 cm³/mol. The first-order valence-corrected chi connectivity index (χ1v) is 12.6. The van der Waals surface area contributed by atoms with Gasteiger partial charge in [0, 0.05) is 72.1 Å². The molecule has 2 N–H and O–H groups in total.